The summed E-state index contributed by atoms with van der Waals surface area (Å²) in [5, 5.41) is 1.26. The van der Waals surface area contributed by atoms with E-state index in [-0.39, 0.29) is 0 Å². The smallest absolute Gasteiger partial charge is 0.0598 e. The lowest BCUT2D eigenvalue weighted by Gasteiger charge is -2.39. The van der Waals surface area contributed by atoms with E-state index in [2.05, 4.69) is 11.1 Å². The number of hydrogen-bond donors (Lipinski definition) is 0. The van der Waals surface area contributed by atoms with Crippen LogP contribution in [0.2, 0.25) is 10.0 Å². The zero-order valence-corrected chi connectivity index (χ0v) is 12.5. The van der Waals surface area contributed by atoms with Crippen molar-refractivity contribution in [2.24, 2.45) is 16.8 Å². The van der Waals surface area contributed by atoms with Gasteiger partial charge in [0.15, 0.2) is 0 Å². The number of benzene rings is 1. The normalized spacial score (nSPS) is 26.5. The number of allylic oxidation sites excluding steroid dienone is 2. The van der Waals surface area contributed by atoms with Gasteiger partial charge in [-0.05, 0) is 66.4 Å². The zero-order valence-electron chi connectivity index (χ0n) is 11.0. The van der Waals surface area contributed by atoms with Gasteiger partial charge in [0.05, 0.1) is 10.0 Å². The molecule has 0 aliphatic heterocycles. The van der Waals surface area contributed by atoms with Gasteiger partial charge in [-0.25, -0.2) is 0 Å². The van der Waals surface area contributed by atoms with Gasteiger partial charge in [-0.3, -0.25) is 4.99 Å². The van der Waals surface area contributed by atoms with E-state index in [1.807, 2.05) is 25.4 Å². The quantitative estimate of drug-likeness (QED) is 0.659. The highest BCUT2D eigenvalue weighted by Crippen LogP contribution is 2.49. The molecule has 100 valence electrons. The molecule has 0 N–H and O–H groups in total. The Morgan fingerprint density at radius 1 is 1.05 bits per heavy atom. The average molecular weight is 294 g/mol. The largest absolute Gasteiger partial charge is 0.296 e. The Balaban J connectivity index is 2.13. The molecule has 3 aliphatic carbocycles. The van der Waals surface area contributed by atoms with E-state index >= 15 is 0 Å². The molecule has 0 unspecified atom stereocenters. The molecule has 0 aromatic heterocycles. The molecule has 1 aromatic carbocycles. The van der Waals surface area contributed by atoms with Gasteiger partial charge in [0.25, 0.3) is 0 Å². The number of fused-ring (bicyclic) bond motifs is 2. The van der Waals surface area contributed by atoms with Crippen LogP contribution in [0.3, 0.4) is 0 Å². The molecule has 19 heavy (non-hydrogen) atoms. The molecule has 1 fully saturated rings. The van der Waals surface area contributed by atoms with Crippen molar-refractivity contribution >= 4 is 35.0 Å². The van der Waals surface area contributed by atoms with Crippen LogP contribution in [-0.4, -0.2) is 13.3 Å². The molecule has 4 rings (SSSR count). The van der Waals surface area contributed by atoms with E-state index in [1.54, 1.807) is 0 Å². The summed E-state index contributed by atoms with van der Waals surface area (Å²) in [4.78, 5) is 4.25. The van der Waals surface area contributed by atoms with Gasteiger partial charge in [-0.2, -0.15) is 0 Å². The second-order valence-electron chi connectivity index (χ2n) is 5.43. The molecule has 1 saturated carbocycles. The Hall–Kier alpha value is -0.790. The predicted molar refractivity (Wildman–Crippen MR) is 83.2 cm³/mol. The summed E-state index contributed by atoms with van der Waals surface area (Å²) >= 11 is 12.2. The molecule has 2 bridgehead atoms. The maximum absolute atomic E-state index is 6.17. The van der Waals surface area contributed by atoms with E-state index in [0.29, 0.717) is 21.9 Å². The minimum absolute atomic E-state index is 0.623. The summed E-state index contributed by atoms with van der Waals surface area (Å²) in [7, 11) is 1.85. The first-order chi connectivity index (χ1) is 9.20. The first-order valence-corrected chi connectivity index (χ1v) is 7.58. The summed E-state index contributed by atoms with van der Waals surface area (Å²) < 4.78 is 0. The van der Waals surface area contributed by atoms with Gasteiger partial charge in [-0.1, -0.05) is 29.3 Å². The minimum atomic E-state index is 0.623. The maximum Gasteiger partial charge on any atom is 0.0598 e. The molecule has 1 aromatic rings. The van der Waals surface area contributed by atoms with Crippen LogP contribution in [0.5, 0.6) is 0 Å². The second kappa shape index (κ2) is 5.30. The van der Waals surface area contributed by atoms with Gasteiger partial charge >= 0.3 is 0 Å². The van der Waals surface area contributed by atoms with Crippen LogP contribution >= 0.6 is 23.2 Å². The van der Waals surface area contributed by atoms with Gasteiger partial charge < -0.3 is 0 Å². The molecule has 0 heterocycles. The van der Waals surface area contributed by atoms with Crippen molar-refractivity contribution in [3.63, 3.8) is 0 Å². The van der Waals surface area contributed by atoms with E-state index in [9.17, 15) is 0 Å². The second-order valence-corrected chi connectivity index (χ2v) is 6.25. The Labute approximate surface area is 124 Å². The van der Waals surface area contributed by atoms with Crippen molar-refractivity contribution in [2.45, 2.75) is 25.7 Å². The van der Waals surface area contributed by atoms with E-state index in [4.69, 9.17) is 23.2 Å². The highest BCUT2D eigenvalue weighted by Gasteiger charge is 2.34. The third kappa shape index (κ3) is 2.34. The molecule has 0 amide bonds. The van der Waals surface area contributed by atoms with Crippen molar-refractivity contribution in [1.29, 1.82) is 0 Å². The Morgan fingerprint density at radius 3 is 2.37 bits per heavy atom. The Morgan fingerprint density at radius 2 is 1.74 bits per heavy atom. The summed E-state index contributed by atoms with van der Waals surface area (Å²) in [5.74, 6) is 1.34. The van der Waals surface area contributed by atoms with Crippen LogP contribution < -0.4 is 0 Å². The summed E-state index contributed by atoms with van der Waals surface area (Å²) in [6.07, 6.45) is 7.24. The molecule has 1 nitrogen and oxygen atoms in total. The molecule has 3 heteroatoms. The molecular formula is C16H17Cl2N. The molecule has 0 atom stereocenters. The molecule has 3 aliphatic rings. The van der Waals surface area contributed by atoms with Crippen LogP contribution in [0, 0.1) is 11.8 Å². The molecule has 0 saturated heterocycles. The number of hydrogen-bond acceptors (Lipinski definition) is 1. The van der Waals surface area contributed by atoms with Gasteiger partial charge in [-0.15, -0.1) is 0 Å². The van der Waals surface area contributed by atoms with Crippen LogP contribution in [0.1, 0.15) is 31.2 Å². The minimum Gasteiger partial charge on any atom is -0.296 e. The summed E-state index contributed by atoms with van der Waals surface area (Å²) in [6, 6.07) is 5.99. The fourth-order valence-electron chi connectivity index (χ4n) is 3.53. The standard InChI is InChI=1S/C16H17Cl2N/c1-19-9-13-10-2-4-11(5-3-10)16(13)12-6-7-14(17)15(18)8-12/h6-11H,2-5H2,1H3. The Bertz CT molecular complexity index is 552. The van der Waals surface area contributed by atoms with Crippen LogP contribution in [0.4, 0.5) is 0 Å². The average Bonchev–Trinajstić information content (AvgIpc) is 2.44. The number of halogens is 2. The summed E-state index contributed by atoms with van der Waals surface area (Å²) in [5.41, 5.74) is 4.09. The van der Waals surface area contributed by atoms with Crippen LogP contribution in [-0.2, 0) is 0 Å². The fraction of sp³-hybridized carbons (Fsp3) is 0.438. The predicted octanol–water partition coefficient (Wildman–Crippen LogP) is 5.27. The monoisotopic (exact) mass is 293 g/mol. The van der Waals surface area contributed by atoms with Crippen LogP contribution in [0.25, 0.3) is 5.57 Å². The number of aliphatic imine (C=N–C) groups is 1. The van der Waals surface area contributed by atoms with Crippen molar-refractivity contribution < 1.29 is 0 Å². The third-order valence-corrected chi connectivity index (χ3v) is 5.12. The van der Waals surface area contributed by atoms with Crippen LogP contribution in [0.15, 0.2) is 28.8 Å². The van der Waals surface area contributed by atoms with E-state index in [1.165, 1.54) is 42.4 Å². The van der Waals surface area contributed by atoms with Gasteiger partial charge in [0, 0.05) is 13.3 Å². The van der Waals surface area contributed by atoms with Crippen molar-refractivity contribution in [2.75, 3.05) is 7.05 Å². The zero-order chi connectivity index (χ0) is 13.4. The molecule has 0 radical (unpaired) electrons. The first kappa shape index (κ1) is 13.2. The Kier molecular flexibility index (Phi) is 3.68. The topological polar surface area (TPSA) is 12.4 Å². The van der Waals surface area contributed by atoms with Gasteiger partial charge in [0.1, 0.15) is 0 Å². The lowest BCUT2D eigenvalue weighted by Crippen LogP contribution is -2.26. The highest BCUT2D eigenvalue weighted by atomic mass is 35.5. The highest BCUT2D eigenvalue weighted by molar-refractivity contribution is 6.42. The van der Waals surface area contributed by atoms with Crippen molar-refractivity contribution in [1.82, 2.24) is 0 Å². The lowest BCUT2D eigenvalue weighted by molar-refractivity contribution is 0.333. The number of nitrogens with zero attached hydrogens (tertiary/aromatic N) is 1. The maximum atomic E-state index is 6.17. The van der Waals surface area contributed by atoms with Crippen molar-refractivity contribution in [3.05, 3.63) is 39.4 Å². The fourth-order valence-corrected chi connectivity index (χ4v) is 3.83. The molecule has 0 spiro atoms. The molecular weight excluding hydrogens is 277 g/mol. The van der Waals surface area contributed by atoms with E-state index < -0.39 is 0 Å². The number of rotatable bonds is 2. The first-order valence-electron chi connectivity index (χ1n) is 6.82. The van der Waals surface area contributed by atoms with Crippen molar-refractivity contribution in [3.8, 4) is 0 Å². The van der Waals surface area contributed by atoms with E-state index in [0.717, 1.165) is 0 Å². The lowest BCUT2D eigenvalue weighted by atomic mass is 9.65. The summed E-state index contributed by atoms with van der Waals surface area (Å²) in [6.45, 7) is 0. The third-order valence-electron chi connectivity index (χ3n) is 4.39. The van der Waals surface area contributed by atoms with Gasteiger partial charge in [0.2, 0.25) is 0 Å². The SMILES string of the molecule is CN=CC1=C(c2ccc(Cl)c(Cl)c2)C2CCC1CC2.